The fourth-order valence-corrected chi connectivity index (χ4v) is 6.38. The van der Waals surface area contributed by atoms with Gasteiger partial charge in [0.05, 0.1) is 17.2 Å². The molecule has 5 aliphatic rings. The van der Waals surface area contributed by atoms with Crippen molar-refractivity contribution >= 4 is 35.1 Å². The van der Waals surface area contributed by atoms with Gasteiger partial charge >= 0.3 is 0 Å². The molecule has 184 valence electrons. The van der Waals surface area contributed by atoms with Gasteiger partial charge in [0.15, 0.2) is 0 Å². The summed E-state index contributed by atoms with van der Waals surface area (Å²) in [5.74, 6) is -4.45. The maximum atomic E-state index is 13.7. The molecule has 3 amide bonds. The number of amides is 3. The molecular formula is C25H25ClFN3O5. The zero-order chi connectivity index (χ0) is 24.7. The van der Waals surface area contributed by atoms with E-state index in [0.717, 1.165) is 12.8 Å². The molecule has 1 unspecified atom stereocenters. The minimum Gasteiger partial charge on any atom is -0.388 e. The number of likely N-dealkylation sites (tertiary alicyclic amines) is 1. The van der Waals surface area contributed by atoms with Crippen LogP contribution in [0.4, 0.5) is 4.39 Å². The van der Waals surface area contributed by atoms with Gasteiger partial charge in [0.25, 0.3) is 11.8 Å². The maximum Gasteiger partial charge on any atom is 0.297 e. The van der Waals surface area contributed by atoms with Crippen LogP contribution in [0.25, 0.3) is 0 Å². The van der Waals surface area contributed by atoms with Crippen molar-refractivity contribution in [1.82, 2.24) is 14.7 Å². The van der Waals surface area contributed by atoms with E-state index in [1.54, 1.807) is 4.90 Å². The molecule has 0 radical (unpaired) electrons. The van der Waals surface area contributed by atoms with Crippen molar-refractivity contribution in [1.29, 1.82) is 0 Å². The van der Waals surface area contributed by atoms with Gasteiger partial charge in [0, 0.05) is 13.1 Å². The van der Waals surface area contributed by atoms with Crippen LogP contribution in [0, 0.1) is 11.7 Å². The van der Waals surface area contributed by atoms with Crippen LogP contribution in [0.15, 0.2) is 29.5 Å². The molecule has 3 aliphatic heterocycles. The Morgan fingerprint density at radius 3 is 2.43 bits per heavy atom. The van der Waals surface area contributed by atoms with E-state index in [4.69, 9.17) is 11.6 Å². The number of carbonyl (C=O) groups is 4. The van der Waals surface area contributed by atoms with E-state index in [9.17, 15) is 28.7 Å². The molecule has 2 saturated heterocycles. The van der Waals surface area contributed by atoms with E-state index in [0.29, 0.717) is 36.8 Å². The van der Waals surface area contributed by atoms with Gasteiger partial charge in [0.2, 0.25) is 11.7 Å². The first kappa shape index (κ1) is 22.7. The number of benzene rings is 1. The van der Waals surface area contributed by atoms with Crippen LogP contribution in [-0.2, 0) is 25.7 Å². The van der Waals surface area contributed by atoms with Crippen LogP contribution in [0.1, 0.15) is 50.5 Å². The molecule has 1 aromatic carbocycles. The lowest BCUT2D eigenvalue weighted by molar-refractivity contribution is -0.157. The van der Waals surface area contributed by atoms with Crippen molar-refractivity contribution < 1.29 is 28.7 Å². The Hall–Kier alpha value is -2.78. The Kier molecular flexibility index (Phi) is 4.93. The van der Waals surface area contributed by atoms with Crippen LogP contribution in [-0.4, -0.2) is 67.7 Å². The third-order valence-corrected chi connectivity index (χ3v) is 8.46. The second-order valence-electron chi connectivity index (χ2n) is 10.4. The average Bonchev–Trinajstić information content (AvgIpc) is 3.27. The quantitative estimate of drug-likeness (QED) is 0.503. The number of piperidine rings is 1. The molecule has 8 nitrogen and oxygen atoms in total. The molecule has 6 rings (SSSR count). The number of Topliss-reactive ketones (excluding diaryl/α,β-unsaturated/α-hetero) is 1. The fourth-order valence-electron chi connectivity index (χ4n) is 6.18. The van der Waals surface area contributed by atoms with E-state index in [1.807, 2.05) is 0 Å². The zero-order valence-corrected chi connectivity index (χ0v) is 19.8. The highest BCUT2D eigenvalue weighted by Crippen LogP contribution is 2.52. The van der Waals surface area contributed by atoms with Gasteiger partial charge < -0.3 is 14.9 Å². The molecule has 1 spiro atoms. The van der Waals surface area contributed by atoms with Gasteiger partial charge in [-0.3, -0.25) is 24.1 Å². The summed E-state index contributed by atoms with van der Waals surface area (Å²) in [6.45, 7) is 0.486. The van der Waals surface area contributed by atoms with Crippen LogP contribution >= 0.6 is 11.6 Å². The molecule has 0 aromatic heterocycles. The molecule has 1 N–H and O–H groups in total. The van der Waals surface area contributed by atoms with Gasteiger partial charge in [0.1, 0.15) is 23.1 Å². The lowest BCUT2D eigenvalue weighted by Crippen LogP contribution is -2.60. The largest absolute Gasteiger partial charge is 0.388 e. The Labute approximate surface area is 206 Å². The minimum absolute atomic E-state index is 0.0647. The molecule has 4 fully saturated rings. The first-order valence-corrected chi connectivity index (χ1v) is 12.4. The molecule has 1 aromatic rings. The van der Waals surface area contributed by atoms with Crippen molar-refractivity contribution in [3.63, 3.8) is 0 Å². The number of carbonyl (C=O) groups excluding carboxylic acids is 4. The predicted molar refractivity (Wildman–Crippen MR) is 121 cm³/mol. The minimum atomic E-state index is -1.33. The number of ketones is 1. The summed E-state index contributed by atoms with van der Waals surface area (Å²) >= 11 is 5.87. The van der Waals surface area contributed by atoms with Gasteiger partial charge in [-0.15, -0.1) is 0 Å². The molecular weight excluding hydrogens is 477 g/mol. The van der Waals surface area contributed by atoms with Gasteiger partial charge in [-0.05, 0) is 68.2 Å². The third kappa shape index (κ3) is 3.27. The predicted octanol–water partition coefficient (Wildman–Crippen LogP) is 2.13. The molecule has 0 bridgehead atoms. The summed E-state index contributed by atoms with van der Waals surface area (Å²) in [4.78, 5) is 58.4. The number of hydrogen-bond donors (Lipinski definition) is 1. The highest BCUT2D eigenvalue weighted by atomic mass is 35.5. The Bertz CT molecular complexity index is 1220. The van der Waals surface area contributed by atoms with Gasteiger partial charge in [-0.25, -0.2) is 4.39 Å². The lowest BCUT2D eigenvalue weighted by atomic mass is 9.81. The molecule has 2 aliphatic carbocycles. The lowest BCUT2D eigenvalue weighted by Gasteiger charge is -2.44. The number of nitrogens with zero attached hydrogens (tertiary/aromatic N) is 3. The second kappa shape index (κ2) is 7.61. The number of aliphatic hydroxyl groups is 1. The summed E-state index contributed by atoms with van der Waals surface area (Å²) in [6, 6.07) is 4.16. The van der Waals surface area contributed by atoms with Crippen molar-refractivity contribution in [2.24, 2.45) is 5.92 Å². The molecule has 2 saturated carbocycles. The number of halogens is 2. The zero-order valence-electron chi connectivity index (χ0n) is 19.1. The molecule has 3 heterocycles. The third-order valence-electron chi connectivity index (χ3n) is 8.17. The standard InChI is InChI=1S/C25H25ClFN3O5/c26-16-11-14(3-4-17(16)27)12-28-10-5-15-18(21(28)32)20(31)23(34)30-19(15)22(33)29(13-24(35)8-9-24)25(30)6-1-2-7-25/h3-4,11,18,35H,1-2,5-10,12-13H2. The molecule has 10 heteroatoms. The normalized spacial score (nSPS) is 26.7. The van der Waals surface area contributed by atoms with Crippen molar-refractivity contribution in [3.8, 4) is 0 Å². The summed E-state index contributed by atoms with van der Waals surface area (Å²) in [5, 5.41) is 10.5. The SMILES string of the molecule is O=C1C(=O)N2C(=C3CCN(Cc4ccc(F)c(Cl)c4)C(=O)C13)C(=O)N(CC1(O)CC1)C21CCCC1. The highest BCUT2D eigenvalue weighted by Gasteiger charge is 2.64. The van der Waals surface area contributed by atoms with Crippen molar-refractivity contribution in [2.45, 2.75) is 62.8 Å². The van der Waals surface area contributed by atoms with Gasteiger partial charge in [-0.2, -0.15) is 0 Å². The average molecular weight is 502 g/mol. The number of hydrogen-bond acceptors (Lipinski definition) is 5. The topological polar surface area (TPSA) is 98.2 Å². The van der Waals surface area contributed by atoms with E-state index in [2.05, 4.69) is 0 Å². The highest BCUT2D eigenvalue weighted by molar-refractivity contribution is 6.44. The number of rotatable bonds is 4. The molecule has 35 heavy (non-hydrogen) atoms. The van der Waals surface area contributed by atoms with E-state index >= 15 is 0 Å². The monoisotopic (exact) mass is 501 g/mol. The maximum absolute atomic E-state index is 13.7. The fraction of sp³-hybridized carbons (Fsp3) is 0.520. The van der Waals surface area contributed by atoms with E-state index in [-0.39, 0.29) is 42.7 Å². The first-order valence-electron chi connectivity index (χ1n) is 12.0. The number of β-amino-alcohol motifs (C(OH)–C–C–N with tert-alkyl or cyclic N) is 1. The van der Waals surface area contributed by atoms with Crippen LogP contribution in [0.3, 0.4) is 0 Å². The summed E-state index contributed by atoms with van der Waals surface area (Å²) in [5.41, 5.74) is -0.742. The van der Waals surface area contributed by atoms with Gasteiger partial charge in [-0.1, -0.05) is 17.7 Å². The first-order chi connectivity index (χ1) is 16.7. The smallest absolute Gasteiger partial charge is 0.297 e. The van der Waals surface area contributed by atoms with Crippen molar-refractivity contribution in [3.05, 3.63) is 45.9 Å². The second-order valence-corrected chi connectivity index (χ2v) is 10.8. The van der Waals surface area contributed by atoms with Crippen molar-refractivity contribution in [2.75, 3.05) is 13.1 Å². The summed E-state index contributed by atoms with van der Waals surface area (Å²) < 4.78 is 13.5. The Morgan fingerprint density at radius 2 is 1.77 bits per heavy atom. The van der Waals surface area contributed by atoms with Crippen LogP contribution in [0.2, 0.25) is 5.02 Å². The van der Waals surface area contributed by atoms with Crippen LogP contribution < -0.4 is 0 Å². The molecule has 1 atom stereocenters. The number of fused-ring (bicyclic) bond motifs is 3. The summed E-state index contributed by atoms with van der Waals surface area (Å²) in [7, 11) is 0. The van der Waals surface area contributed by atoms with E-state index < -0.39 is 40.6 Å². The van der Waals surface area contributed by atoms with E-state index in [1.165, 1.54) is 28.0 Å². The Morgan fingerprint density at radius 1 is 1.06 bits per heavy atom. The summed E-state index contributed by atoms with van der Waals surface area (Å²) in [6.07, 6.45) is 4.15. The Balaban J connectivity index is 1.37. The van der Waals surface area contributed by atoms with Crippen LogP contribution in [0.5, 0.6) is 0 Å².